The van der Waals surface area contributed by atoms with E-state index in [-0.39, 0.29) is 5.82 Å². The van der Waals surface area contributed by atoms with E-state index in [4.69, 9.17) is 10.5 Å². The summed E-state index contributed by atoms with van der Waals surface area (Å²) in [5.74, 6) is 0.373. The van der Waals surface area contributed by atoms with Crippen LogP contribution >= 0.6 is 0 Å². The molecule has 2 nitrogen and oxygen atoms in total. The Balaban J connectivity index is 2.60. The van der Waals surface area contributed by atoms with Gasteiger partial charge in [-0.2, -0.15) is 0 Å². The lowest BCUT2D eigenvalue weighted by Crippen LogP contribution is -1.92. The molecule has 1 aliphatic rings. The van der Waals surface area contributed by atoms with Gasteiger partial charge in [0.05, 0.1) is 12.3 Å². The molecule has 1 aliphatic heterocycles. The number of fused-ring (bicyclic) bond motifs is 1. The second-order valence-electron chi connectivity index (χ2n) is 2.58. The molecule has 0 saturated carbocycles. The molecule has 2 rings (SSSR count). The van der Waals surface area contributed by atoms with Crippen molar-refractivity contribution in [2.45, 2.75) is 6.42 Å². The molecule has 0 radical (unpaired) electrons. The van der Waals surface area contributed by atoms with Gasteiger partial charge in [-0.1, -0.05) is 0 Å². The fraction of sp³-hybridized carbons (Fsp3) is 0.250. The summed E-state index contributed by atoms with van der Waals surface area (Å²) in [5.41, 5.74) is 6.79. The van der Waals surface area contributed by atoms with Gasteiger partial charge in [-0.05, 0) is 6.07 Å². The number of nitrogens with two attached hydrogens (primary N) is 1. The largest absolute Gasteiger partial charge is 0.491 e. The van der Waals surface area contributed by atoms with Crippen LogP contribution in [-0.4, -0.2) is 6.61 Å². The molecule has 0 saturated heterocycles. The van der Waals surface area contributed by atoms with E-state index in [0.717, 1.165) is 12.0 Å². The van der Waals surface area contributed by atoms with Crippen LogP contribution in [0.3, 0.4) is 0 Å². The van der Waals surface area contributed by atoms with Crippen LogP contribution in [0.15, 0.2) is 12.1 Å². The number of nitrogen functional groups attached to an aromatic ring is 1. The average Bonchev–Trinajstić information content (AvgIpc) is 2.34. The van der Waals surface area contributed by atoms with Crippen LogP contribution in [0.5, 0.6) is 5.75 Å². The van der Waals surface area contributed by atoms with Gasteiger partial charge < -0.3 is 10.5 Å². The zero-order valence-electron chi connectivity index (χ0n) is 5.93. The van der Waals surface area contributed by atoms with E-state index >= 15 is 0 Å². The first-order valence-corrected chi connectivity index (χ1v) is 3.48. The summed E-state index contributed by atoms with van der Waals surface area (Å²) in [7, 11) is 0. The van der Waals surface area contributed by atoms with Gasteiger partial charge in [0.15, 0.2) is 0 Å². The van der Waals surface area contributed by atoms with Crippen molar-refractivity contribution in [3.05, 3.63) is 23.5 Å². The SMILES string of the molecule is Nc1cc(F)cc2c1OCC2. The zero-order valence-corrected chi connectivity index (χ0v) is 5.93. The molecule has 2 N–H and O–H groups in total. The Bertz CT molecular complexity index is 298. The first-order chi connectivity index (χ1) is 5.27. The van der Waals surface area contributed by atoms with Crippen molar-refractivity contribution in [2.75, 3.05) is 12.3 Å². The van der Waals surface area contributed by atoms with E-state index in [9.17, 15) is 4.39 Å². The smallest absolute Gasteiger partial charge is 0.145 e. The average molecular weight is 153 g/mol. The van der Waals surface area contributed by atoms with Crippen LogP contribution in [0.1, 0.15) is 5.56 Å². The highest BCUT2D eigenvalue weighted by Crippen LogP contribution is 2.32. The summed E-state index contributed by atoms with van der Waals surface area (Å²) >= 11 is 0. The van der Waals surface area contributed by atoms with Crippen molar-refractivity contribution in [2.24, 2.45) is 0 Å². The Morgan fingerprint density at radius 2 is 2.27 bits per heavy atom. The van der Waals surface area contributed by atoms with Crippen LogP contribution in [0.2, 0.25) is 0 Å². The quantitative estimate of drug-likeness (QED) is 0.571. The third-order valence-electron chi connectivity index (χ3n) is 1.78. The van der Waals surface area contributed by atoms with Gasteiger partial charge in [0.2, 0.25) is 0 Å². The monoisotopic (exact) mass is 153 g/mol. The number of ether oxygens (including phenoxy) is 1. The summed E-state index contributed by atoms with van der Waals surface area (Å²) in [4.78, 5) is 0. The summed E-state index contributed by atoms with van der Waals surface area (Å²) in [6, 6.07) is 2.75. The molecule has 0 spiro atoms. The molecule has 1 heterocycles. The van der Waals surface area contributed by atoms with Gasteiger partial charge in [-0.3, -0.25) is 0 Å². The molecule has 0 fully saturated rings. The van der Waals surface area contributed by atoms with Crippen molar-refractivity contribution in [3.8, 4) is 5.75 Å². The van der Waals surface area contributed by atoms with Gasteiger partial charge in [-0.25, -0.2) is 4.39 Å². The van der Waals surface area contributed by atoms with Gasteiger partial charge in [0, 0.05) is 18.1 Å². The lowest BCUT2D eigenvalue weighted by atomic mass is 10.1. The molecule has 0 amide bonds. The van der Waals surface area contributed by atoms with Crippen LogP contribution in [0.25, 0.3) is 0 Å². The van der Waals surface area contributed by atoms with E-state index < -0.39 is 0 Å². The fourth-order valence-electron chi connectivity index (χ4n) is 1.30. The van der Waals surface area contributed by atoms with Crippen molar-refractivity contribution in [3.63, 3.8) is 0 Å². The molecular formula is C8H8FNO. The second-order valence-corrected chi connectivity index (χ2v) is 2.58. The van der Waals surface area contributed by atoms with Crippen LogP contribution in [-0.2, 0) is 6.42 Å². The third kappa shape index (κ3) is 0.926. The molecule has 0 atom stereocenters. The Morgan fingerprint density at radius 3 is 3.09 bits per heavy atom. The lowest BCUT2D eigenvalue weighted by molar-refractivity contribution is 0.358. The topological polar surface area (TPSA) is 35.2 Å². The van der Waals surface area contributed by atoms with Crippen LogP contribution < -0.4 is 10.5 Å². The van der Waals surface area contributed by atoms with Crippen molar-refractivity contribution >= 4 is 5.69 Å². The minimum atomic E-state index is -0.285. The second kappa shape index (κ2) is 2.12. The molecule has 0 aromatic heterocycles. The summed E-state index contributed by atoms with van der Waals surface area (Å²) < 4.78 is 17.9. The van der Waals surface area contributed by atoms with Crippen LogP contribution in [0.4, 0.5) is 10.1 Å². The summed E-state index contributed by atoms with van der Waals surface area (Å²) in [6.45, 7) is 0.614. The molecule has 1 aromatic carbocycles. The van der Waals surface area contributed by atoms with Gasteiger partial charge in [0.25, 0.3) is 0 Å². The number of hydrogen-bond acceptors (Lipinski definition) is 2. The number of benzene rings is 1. The normalized spacial score (nSPS) is 14.3. The molecule has 11 heavy (non-hydrogen) atoms. The Labute approximate surface area is 63.8 Å². The first-order valence-electron chi connectivity index (χ1n) is 3.48. The van der Waals surface area contributed by atoms with Crippen LogP contribution in [0, 0.1) is 5.82 Å². The summed E-state index contributed by atoms with van der Waals surface area (Å²) in [5, 5.41) is 0. The number of rotatable bonds is 0. The number of anilines is 1. The minimum Gasteiger partial charge on any atom is -0.491 e. The molecule has 1 aromatic rings. The maximum absolute atomic E-state index is 12.7. The standard InChI is InChI=1S/C8H8FNO/c9-6-3-5-1-2-11-8(5)7(10)4-6/h3-4H,1-2,10H2. The molecule has 0 aliphatic carbocycles. The Kier molecular flexibility index (Phi) is 1.24. The highest BCUT2D eigenvalue weighted by Gasteiger charge is 2.15. The first kappa shape index (κ1) is 6.46. The van der Waals surface area contributed by atoms with E-state index in [0.29, 0.717) is 18.0 Å². The molecular weight excluding hydrogens is 145 g/mol. The lowest BCUT2D eigenvalue weighted by Gasteiger charge is -2.02. The number of halogens is 1. The molecule has 58 valence electrons. The van der Waals surface area contributed by atoms with Crippen molar-refractivity contribution in [1.82, 2.24) is 0 Å². The van der Waals surface area contributed by atoms with E-state index in [1.54, 1.807) is 0 Å². The Hall–Kier alpha value is -1.25. The molecule has 0 bridgehead atoms. The van der Waals surface area contributed by atoms with Crippen molar-refractivity contribution in [1.29, 1.82) is 0 Å². The maximum atomic E-state index is 12.7. The predicted molar refractivity (Wildman–Crippen MR) is 40.0 cm³/mol. The predicted octanol–water partition coefficient (Wildman–Crippen LogP) is 1.34. The van der Waals surface area contributed by atoms with Gasteiger partial charge in [0.1, 0.15) is 11.6 Å². The highest BCUT2D eigenvalue weighted by molar-refractivity contribution is 5.58. The maximum Gasteiger partial charge on any atom is 0.145 e. The fourth-order valence-corrected chi connectivity index (χ4v) is 1.30. The van der Waals surface area contributed by atoms with Gasteiger partial charge >= 0.3 is 0 Å². The van der Waals surface area contributed by atoms with E-state index in [1.807, 2.05) is 0 Å². The van der Waals surface area contributed by atoms with Crippen molar-refractivity contribution < 1.29 is 9.13 Å². The van der Waals surface area contributed by atoms with E-state index in [2.05, 4.69) is 0 Å². The highest BCUT2D eigenvalue weighted by atomic mass is 19.1. The molecule has 0 unspecified atom stereocenters. The van der Waals surface area contributed by atoms with E-state index in [1.165, 1.54) is 12.1 Å². The Morgan fingerprint density at radius 1 is 1.45 bits per heavy atom. The minimum absolute atomic E-state index is 0.285. The molecule has 3 heteroatoms. The number of hydrogen-bond donors (Lipinski definition) is 1. The summed E-state index contributed by atoms with van der Waals surface area (Å²) in [6.07, 6.45) is 0.761. The third-order valence-corrected chi connectivity index (χ3v) is 1.78. The van der Waals surface area contributed by atoms with Gasteiger partial charge in [-0.15, -0.1) is 0 Å². The zero-order chi connectivity index (χ0) is 7.84.